The molecule has 1 aliphatic rings. The van der Waals surface area contributed by atoms with Crippen molar-refractivity contribution in [1.29, 1.82) is 0 Å². The van der Waals surface area contributed by atoms with E-state index in [0.717, 1.165) is 0 Å². The smallest absolute Gasteiger partial charge is 0.0510 e. The lowest BCUT2D eigenvalue weighted by Crippen LogP contribution is -2.27. The lowest BCUT2D eigenvalue weighted by atomic mass is 10.1. The minimum atomic E-state index is 0.0997. The first-order valence-corrected chi connectivity index (χ1v) is 7.78. The zero-order chi connectivity index (χ0) is 13.0. The highest BCUT2D eigenvalue weighted by Crippen LogP contribution is 2.30. The van der Waals surface area contributed by atoms with Gasteiger partial charge >= 0.3 is 0 Å². The van der Waals surface area contributed by atoms with Crippen LogP contribution in [0.2, 0.25) is 0 Å². The molecule has 0 spiro atoms. The molecule has 1 aromatic rings. The number of hydrogen-bond donors (Lipinski definition) is 1. The van der Waals surface area contributed by atoms with Crippen LogP contribution in [0.15, 0.2) is 22.7 Å². The van der Waals surface area contributed by atoms with E-state index >= 15 is 0 Å². The maximum atomic E-state index is 5.92. The van der Waals surface area contributed by atoms with Crippen LogP contribution in [-0.2, 0) is 0 Å². The van der Waals surface area contributed by atoms with Gasteiger partial charge in [-0.3, -0.25) is 0 Å². The van der Waals surface area contributed by atoms with Crippen molar-refractivity contribution in [2.45, 2.75) is 45.1 Å². The number of anilines is 1. The van der Waals surface area contributed by atoms with Gasteiger partial charge in [-0.15, -0.1) is 0 Å². The van der Waals surface area contributed by atoms with E-state index in [1.54, 1.807) is 0 Å². The van der Waals surface area contributed by atoms with Crippen LogP contribution in [0, 0.1) is 0 Å². The normalized spacial score (nSPS) is 19.2. The van der Waals surface area contributed by atoms with Crippen molar-refractivity contribution in [2.24, 2.45) is 5.73 Å². The molecule has 1 atom stereocenters. The molecule has 0 aromatic heterocycles. The predicted octanol–water partition coefficient (Wildman–Crippen LogP) is 4.24. The van der Waals surface area contributed by atoms with Gasteiger partial charge in [0.1, 0.15) is 0 Å². The summed E-state index contributed by atoms with van der Waals surface area (Å²) in [5, 5.41) is 0. The van der Waals surface area contributed by atoms with Crippen LogP contribution >= 0.6 is 15.9 Å². The summed E-state index contributed by atoms with van der Waals surface area (Å²) >= 11 is 3.70. The third-order valence-corrected chi connectivity index (χ3v) is 4.33. The fourth-order valence-corrected chi connectivity index (χ4v) is 3.20. The minimum absolute atomic E-state index is 0.0997. The number of halogens is 1. The molecule has 2 rings (SSSR count). The van der Waals surface area contributed by atoms with Crippen molar-refractivity contribution in [3.8, 4) is 0 Å². The van der Waals surface area contributed by atoms with Gasteiger partial charge < -0.3 is 10.6 Å². The van der Waals surface area contributed by atoms with Gasteiger partial charge in [-0.25, -0.2) is 0 Å². The summed E-state index contributed by atoms with van der Waals surface area (Å²) < 4.78 is 1.18. The molecule has 3 heteroatoms. The van der Waals surface area contributed by atoms with Crippen LogP contribution < -0.4 is 10.6 Å². The summed E-state index contributed by atoms with van der Waals surface area (Å²) in [6, 6.07) is 6.63. The van der Waals surface area contributed by atoms with Gasteiger partial charge in [-0.2, -0.15) is 0 Å². The zero-order valence-corrected chi connectivity index (χ0v) is 12.7. The van der Waals surface area contributed by atoms with E-state index in [9.17, 15) is 0 Å². The Balaban J connectivity index is 2.15. The van der Waals surface area contributed by atoms with Gasteiger partial charge in [0.05, 0.1) is 5.69 Å². The maximum absolute atomic E-state index is 5.92. The Morgan fingerprint density at radius 2 is 1.72 bits per heavy atom. The van der Waals surface area contributed by atoms with Gasteiger partial charge in [0.15, 0.2) is 0 Å². The first-order valence-electron chi connectivity index (χ1n) is 6.98. The molecule has 18 heavy (non-hydrogen) atoms. The van der Waals surface area contributed by atoms with Crippen LogP contribution in [0.3, 0.4) is 0 Å². The molecule has 0 bridgehead atoms. The Morgan fingerprint density at radius 3 is 2.28 bits per heavy atom. The predicted molar refractivity (Wildman–Crippen MR) is 82.0 cm³/mol. The Kier molecular flexibility index (Phi) is 5.07. The molecular formula is C15H23BrN2. The second-order valence-corrected chi connectivity index (χ2v) is 6.11. The average Bonchev–Trinajstić information content (AvgIpc) is 2.29. The largest absolute Gasteiger partial charge is 0.371 e. The van der Waals surface area contributed by atoms with Crippen LogP contribution in [0.5, 0.6) is 0 Å². The molecule has 0 saturated carbocycles. The summed E-state index contributed by atoms with van der Waals surface area (Å²) in [7, 11) is 0. The highest BCUT2D eigenvalue weighted by Gasteiger charge is 2.13. The molecule has 0 aliphatic carbocycles. The first kappa shape index (κ1) is 13.9. The quantitative estimate of drug-likeness (QED) is 0.885. The Morgan fingerprint density at radius 1 is 1.11 bits per heavy atom. The van der Waals surface area contributed by atoms with E-state index < -0.39 is 0 Å². The van der Waals surface area contributed by atoms with E-state index in [-0.39, 0.29) is 6.04 Å². The van der Waals surface area contributed by atoms with Crippen LogP contribution in [0.25, 0.3) is 0 Å². The van der Waals surface area contributed by atoms with Crippen molar-refractivity contribution < 1.29 is 0 Å². The minimum Gasteiger partial charge on any atom is -0.371 e. The zero-order valence-electron chi connectivity index (χ0n) is 11.2. The molecule has 0 radical (unpaired) electrons. The highest BCUT2D eigenvalue weighted by molar-refractivity contribution is 9.10. The van der Waals surface area contributed by atoms with E-state index in [1.165, 1.54) is 60.9 Å². The van der Waals surface area contributed by atoms with E-state index in [1.807, 2.05) is 6.92 Å². The third kappa shape index (κ3) is 3.48. The van der Waals surface area contributed by atoms with Gasteiger partial charge in [0.25, 0.3) is 0 Å². The van der Waals surface area contributed by atoms with Crippen LogP contribution in [-0.4, -0.2) is 13.1 Å². The highest BCUT2D eigenvalue weighted by atomic mass is 79.9. The number of nitrogens with zero attached hydrogens (tertiary/aromatic N) is 1. The monoisotopic (exact) mass is 310 g/mol. The molecule has 1 saturated heterocycles. The number of nitrogens with two attached hydrogens (primary N) is 1. The van der Waals surface area contributed by atoms with Crippen molar-refractivity contribution in [3.63, 3.8) is 0 Å². The fourth-order valence-electron chi connectivity index (χ4n) is 2.55. The molecular weight excluding hydrogens is 288 g/mol. The fraction of sp³-hybridized carbons (Fsp3) is 0.600. The molecule has 2 nitrogen and oxygen atoms in total. The first-order chi connectivity index (χ1) is 8.68. The SMILES string of the molecule is C[C@H](N)c1ccc(N2CCCCCCC2)c(Br)c1. The molecule has 100 valence electrons. The molecule has 2 N–H and O–H groups in total. The van der Waals surface area contributed by atoms with Gasteiger partial charge in [0, 0.05) is 23.6 Å². The van der Waals surface area contributed by atoms with Crippen molar-refractivity contribution in [3.05, 3.63) is 28.2 Å². The summed E-state index contributed by atoms with van der Waals surface area (Å²) in [4.78, 5) is 2.51. The lowest BCUT2D eigenvalue weighted by molar-refractivity contribution is 0.556. The summed E-state index contributed by atoms with van der Waals surface area (Å²) in [6.45, 7) is 4.38. The maximum Gasteiger partial charge on any atom is 0.0510 e. The molecule has 1 fully saturated rings. The molecule has 1 aliphatic heterocycles. The van der Waals surface area contributed by atoms with Gasteiger partial charge in [-0.1, -0.05) is 25.3 Å². The van der Waals surface area contributed by atoms with Crippen molar-refractivity contribution in [1.82, 2.24) is 0 Å². The topological polar surface area (TPSA) is 29.3 Å². The number of benzene rings is 1. The van der Waals surface area contributed by atoms with Crippen molar-refractivity contribution >= 4 is 21.6 Å². The van der Waals surface area contributed by atoms with Gasteiger partial charge in [0.2, 0.25) is 0 Å². The van der Waals surface area contributed by atoms with Gasteiger partial charge in [-0.05, 0) is 53.4 Å². The average molecular weight is 311 g/mol. The summed E-state index contributed by atoms with van der Waals surface area (Å²) in [6.07, 6.45) is 6.75. The molecule has 0 unspecified atom stereocenters. The lowest BCUT2D eigenvalue weighted by Gasteiger charge is -2.28. The van der Waals surface area contributed by atoms with Crippen LogP contribution in [0.4, 0.5) is 5.69 Å². The standard InChI is InChI=1S/C15H23BrN2/c1-12(17)13-7-8-15(14(16)11-13)18-9-5-3-2-4-6-10-18/h7-8,11-12H,2-6,9-10,17H2,1H3/t12-/m0/s1. The Bertz CT molecular complexity index is 382. The number of rotatable bonds is 2. The van der Waals surface area contributed by atoms with E-state index in [2.05, 4.69) is 39.0 Å². The Hall–Kier alpha value is -0.540. The second-order valence-electron chi connectivity index (χ2n) is 5.25. The third-order valence-electron chi connectivity index (χ3n) is 3.69. The van der Waals surface area contributed by atoms with Crippen LogP contribution in [0.1, 0.15) is 50.6 Å². The van der Waals surface area contributed by atoms with E-state index in [4.69, 9.17) is 5.73 Å². The molecule has 1 aromatic carbocycles. The van der Waals surface area contributed by atoms with Crippen molar-refractivity contribution in [2.75, 3.05) is 18.0 Å². The summed E-state index contributed by atoms with van der Waals surface area (Å²) in [5.74, 6) is 0. The molecule has 0 amide bonds. The number of hydrogen-bond acceptors (Lipinski definition) is 2. The Labute approximate surface area is 119 Å². The summed E-state index contributed by atoms with van der Waals surface area (Å²) in [5.41, 5.74) is 8.44. The molecule has 1 heterocycles. The second kappa shape index (κ2) is 6.58. The van der Waals surface area contributed by atoms with E-state index in [0.29, 0.717) is 0 Å².